The molecule has 2 amide bonds. The first kappa shape index (κ1) is 16.9. The van der Waals surface area contributed by atoms with E-state index in [0.29, 0.717) is 15.6 Å². The molecule has 0 unspecified atom stereocenters. The molecule has 0 atom stereocenters. The Bertz CT molecular complexity index is 906. The van der Waals surface area contributed by atoms with Gasteiger partial charge in [-0.2, -0.15) is 0 Å². The lowest BCUT2D eigenvalue weighted by Gasteiger charge is -2.11. The summed E-state index contributed by atoms with van der Waals surface area (Å²) in [5.41, 5.74) is 3.35. The van der Waals surface area contributed by atoms with E-state index in [1.807, 2.05) is 26.8 Å². The van der Waals surface area contributed by atoms with Gasteiger partial charge in [0.25, 0.3) is 11.8 Å². The third-order valence-electron chi connectivity index (χ3n) is 3.58. The largest absolute Gasteiger partial charge is 0.459 e. The van der Waals surface area contributed by atoms with Crippen molar-refractivity contribution in [3.05, 3.63) is 64.2 Å². The maximum absolute atomic E-state index is 12.5. The van der Waals surface area contributed by atoms with E-state index < -0.39 is 0 Å². The fourth-order valence-corrected chi connectivity index (χ4v) is 3.29. The minimum absolute atomic E-state index is 0.219. The van der Waals surface area contributed by atoms with Crippen molar-refractivity contribution in [1.29, 1.82) is 0 Å². The average molecular weight is 355 g/mol. The molecule has 3 aromatic rings. The highest BCUT2D eigenvalue weighted by molar-refractivity contribution is 7.18. The summed E-state index contributed by atoms with van der Waals surface area (Å²) in [5, 5.41) is 6.17. The van der Waals surface area contributed by atoms with E-state index in [9.17, 15) is 9.59 Å². The predicted octanol–water partition coefficient (Wildman–Crippen LogP) is 4.17. The second-order valence-electron chi connectivity index (χ2n) is 5.59. The summed E-state index contributed by atoms with van der Waals surface area (Å²) in [6.45, 7) is 5.71. The van der Waals surface area contributed by atoms with Crippen LogP contribution >= 0.6 is 11.3 Å². The molecule has 0 fully saturated rings. The van der Waals surface area contributed by atoms with Crippen LogP contribution in [0.1, 0.15) is 37.2 Å². The average Bonchev–Trinajstić information content (AvgIpc) is 3.22. The number of hydrogen-bond donors (Lipinski definition) is 2. The van der Waals surface area contributed by atoms with E-state index in [2.05, 4.69) is 15.6 Å². The number of aryl methyl sites for hydroxylation is 3. The molecule has 128 valence electrons. The van der Waals surface area contributed by atoms with Gasteiger partial charge in [-0.15, -0.1) is 11.3 Å². The molecule has 0 aromatic carbocycles. The van der Waals surface area contributed by atoms with Crippen molar-refractivity contribution in [3.8, 4) is 0 Å². The Morgan fingerprint density at radius 3 is 2.56 bits per heavy atom. The number of rotatable bonds is 4. The van der Waals surface area contributed by atoms with Crippen LogP contribution in [0.2, 0.25) is 0 Å². The molecule has 6 nitrogen and oxygen atoms in total. The predicted molar refractivity (Wildman–Crippen MR) is 97.4 cm³/mol. The van der Waals surface area contributed by atoms with Gasteiger partial charge < -0.3 is 15.1 Å². The summed E-state index contributed by atoms with van der Waals surface area (Å²) < 4.78 is 5.04. The number of pyridine rings is 1. The standard InChI is InChI=1S/C18H17N3O3S/c1-10-9-11(2)19-12(3)16(10)21-18(23)14-6-7-15(25-14)20-17(22)13-5-4-8-24-13/h4-9H,1-3H3,(H,20,22)(H,21,23). The van der Waals surface area contributed by atoms with Gasteiger partial charge in [-0.25, -0.2) is 0 Å². The van der Waals surface area contributed by atoms with E-state index >= 15 is 0 Å². The molecule has 3 heterocycles. The Morgan fingerprint density at radius 1 is 1.08 bits per heavy atom. The first-order chi connectivity index (χ1) is 11.9. The van der Waals surface area contributed by atoms with Crippen molar-refractivity contribution in [2.45, 2.75) is 20.8 Å². The Labute approximate surface area is 148 Å². The number of thiophene rings is 1. The Hall–Kier alpha value is -2.93. The fourth-order valence-electron chi connectivity index (χ4n) is 2.50. The number of furan rings is 1. The Morgan fingerprint density at radius 2 is 1.88 bits per heavy atom. The summed E-state index contributed by atoms with van der Waals surface area (Å²) in [6.07, 6.45) is 1.43. The summed E-state index contributed by atoms with van der Waals surface area (Å²) >= 11 is 1.19. The zero-order valence-corrected chi connectivity index (χ0v) is 14.9. The van der Waals surface area contributed by atoms with Gasteiger partial charge in [-0.3, -0.25) is 14.6 Å². The van der Waals surface area contributed by atoms with Gasteiger partial charge in [0.2, 0.25) is 0 Å². The quantitative estimate of drug-likeness (QED) is 0.736. The van der Waals surface area contributed by atoms with Gasteiger partial charge >= 0.3 is 0 Å². The number of nitrogens with one attached hydrogen (secondary N) is 2. The van der Waals surface area contributed by atoms with Crippen LogP contribution in [0.4, 0.5) is 10.7 Å². The normalized spacial score (nSPS) is 10.5. The smallest absolute Gasteiger partial charge is 0.291 e. The summed E-state index contributed by atoms with van der Waals surface area (Å²) in [5.74, 6) is -0.370. The molecule has 0 radical (unpaired) electrons. The SMILES string of the molecule is Cc1cc(C)c(NC(=O)c2ccc(NC(=O)c3ccco3)s2)c(C)n1. The number of carbonyl (C=O) groups excluding carboxylic acids is 2. The lowest BCUT2D eigenvalue weighted by atomic mass is 10.1. The molecular formula is C18H17N3O3S. The van der Waals surface area contributed by atoms with Crippen LogP contribution in [0.3, 0.4) is 0 Å². The zero-order chi connectivity index (χ0) is 18.0. The van der Waals surface area contributed by atoms with E-state index in [1.54, 1.807) is 24.3 Å². The van der Waals surface area contributed by atoms with Gasteiger partial charge in [0, 0.05) is 5.69 Å². The van der Waals surface area contributed by atoms with Crippen molar-refractivity contribution in [3.63, 3.8) is 0 Å². The van der Waals surface area contributed by atoms with Crippen LogP contribution in [0, 0.1) is 20.8 Å². The highest BCUT2D eigenvalue weighted by Gasteiger charge is 2.15. The van der Waals surface area contributed by atoms with Gasteiger partial charge in [0.15, 0.2) is 5.76 Å². The molecule has 0 bridgehead atoms. The van der Waals surface area contributed by atoms with E-state index in [4.69, 9.17) is 4.42 Å². The summed E-state index contributed by atoms with van der Waals surface area (Å²) in [7, 11) is 0. The third kappa shape index (κ3) is 3.77. The van der Waals surface area contributed by atoms with Crippen LogP contribution in [-0.2, 0) is 0 Å². The summed E-state index contributed by atoms with van der Waals surface area (Å²) in [6, 6.07) is 8.50. The first-order valence-electron chi connectivity index (χ1n) is 7.65. The minimum Gasteiger partial charge on any atom is -0.459 e. The second-order valence-corrected chi connectivity index (χ2v) is 6.67. The van der Waals surface area contributed by atoms with E-state index in [-0.39, 0.29) is 17.6 Å². The van der Waals surface area contributed by atoms with Crippen molar-refractivity contribution in [2.75, 3.05) is 10.6 Å². The topological polar surface area (TPSA) is 84.2 Å². The van der Waals surface area contributed by atoms with Crippen LogP contribution in [0.25, 0.3) is 0 Å². The third-order valence-corrected chi connectivity index (χ3v) is 4.58. The zero-order valence-electron chi connectivity index (χ0n) is 14.0. The van der Waals surface area contributed by atoms with Crippen molar-refractivity contribution in [2.24, 2.45) is 0 Å². The van der Waals surface area contributed by atoms with Crippen LogP contribution < -0.4 is 10.6 Å². The highest BCUT2D eigenvalue weighted by Crippen LogP contribution is 2.25. The minimum atomic E-state index is -0.353. The number of hydrogen-bond acceptors (Lipinski definition) is 5. The van der Waals surface area contributed by atoms with Crippen molar-refractivity contribution >= 4 is 33.8 Å². The maximum Gasteiger partial charge on any atom is 0.291 e. The monoisotopic (exact) mass is 355 g/mol. The number of carbonyl (C=O) groups is 2. The van der Waals surface area contributed by atoms with Crippen LogP contribution in [0.5, 0.6) is 0 Å². The Balaban J connectivity index is 1.72. The maximum atomic E-state index is 12.5. The molecule has 0 spiro atoms. The first-order valence-corrected chi connectivity index (χ1v) is 8.46. The molecule has 0 saturated carbocycles. The molecule has 0 aliphatic rings. The molecular weight excluding hydrogens is 338 g/mol. The molecule has 3 rings (SSSR count). The van der Waals surface area contributed by atoms with Gasteiger partial charge in [0.1, 0.15) is 0 Å². The second kappa shape index (κ2) is 6.90. The number of anilines is 2. The van der Waals surface area contributed by atoms with Crippen molar-refractivity contribution in [1.82, 2.24) is 4.98 Å². The van der Waals surface area contributed by atoms with E-state index in [0.717, 1.165) is 17.0 Å². The molecule has 3 aromatic heterocycles. The molecule has 25 heavy (non-hydrogen) atoms. The number of aromatic nitrogens is 1. The van der Waals surface area contributed by atoms with Crippen LogP contribution in [0.15, 0.2) is 41.0 Å². The van der Waals surface area contributed by atoms with Gasteiger partial charge in [-0.1, -0.05) is 0 Å². The Kier molecular flexibility index (Phi) is 4.67. The van der Waals surface area contributed by atoms with E-state index in [1.165, 1.54) is 17.6 Å². The molecule has 7 heteroatoms. The van der Waals surface area contributed by atoms with Crippen LogP contribution in [-0.4, -0.2) is 16.8 Å². The highest BCUT2D eigenvalue weighted by atomic mass is 32.1. The summed E-state index contributed by atoms with van der Waals surface area (Å²) in [4.78, 5) is 29.3. The van der Waals surface area contributed by atoms with Crippen molar-refractivity contribution < 1.29 is 14.0 Å². The van der Waals surface area contributed by atoms with Gasteiger partial charge in [-0.05, 0) is 56.7 Å². The molecule has 0 aliphatic carbocycles. The lowest BCUT2D eigenvalue weighted by molar-refractivity contribution is 0.0995. The van der Waals surface area contributed by atoms with Gasteiger partial charge in [0.05, 0.1) is 27.5 Å². The fraction of sp³-hybridized carbons (Fsp3) is 0.167. The molecule has 0 saturated heterocycles. The number of amides is 2. The number of nitrogens with zero attached hydrogens (tertiary/aromatic N) is 1. The molecule has 0 aliphatic heterocycles. The lowest BCUT2D eigenvalue weighted by Crippen LogP contribution is -2.13. The molecule has 2 N–H and O–H groups in total.